The molecule has 0 radical (unpaired) electrons. The van der Waals surface area contributed by atoms with Gasteiger partial charge < -0.3 is 9.64 Å². The van der Waals surface area contributed by atoms with E-state index in [9.17, 15) is 9.59 Å². The van der Waals surface area contributed by atoms with E-state index in [4.69, 9.17) is 4.74 Å². The van der Waals surface area contributed by atoms with E-state index in [1.165, 1.54) is 0 Å². The molecule has 1 saturated heterocycles. The SMILES string of the molecule is CCOC(=O)C1CCN(C(=O)CCc2ccc(-n3nc(C)cc3C)cc2)CC1. The van der Waals surface area contributed by atoms with Gasteiger partial charge in [0.1, 0.15) is 0 Å². The lowest BCUT2D eigenvalue weighted by Crippen LogP contribution is -2.40. The van der Waals surface area contributed by atoms with Crippen LogP contribution in [0.1, 0.15) is 43.1 Å². The predicted octanol–water partition coefficient (Wildman–Crippen LogP) is 3.22. The van der Waals surface area contributed by atoms with Crippen LogP contribution in [0.15, 0.2) is 30.3 Å². The van der Waals surface area contributed by atoms with Gasteiger partial charge >= 0.3 is 5.97 Å². The second-order valence-electron chi connectivity index (χ2n) is 7.41. The highest BCUT2D eigenvalue weighted by atomic mass is 16.5. The number of piperidine rings is 1. The summed E-state index contributed by atoms with van der Waals surface area (Å²) >= 11 is 0. The molecule has 0 saturated carbocycles. The van der Waals surface area contributed by atoms with Gasteiger partial charge in [-0.15, -0.1) is 0 Å². The highest BCUT2D eigenvalue weighted by Crippen LogP contribution is 2.20. The number of hydrogen-bond acceptors (Lipinski definition) is 4. The van der Waals surface area contributed by atoms with E-state index in [2.05, 4.69) is 23.3 Å². The van der Waals surface area contributed by atoms with Crippen LogP contribution in [0.25, 0.3) is 5.69 Å². The molecule has 150 valence electrons. The lowest BCUT2D eigenvalue weighted by Gasteiger charge is -2.31. The summed E-state index contributed by atoms with van der Waals surface area (Å²) in [6.07, 6.45) is 2.60. The summed E-state index contributed by atoms with van der Waals surface area (Å²) in [5.74, 6) is -0.0341. The van der Waals surface area contributed by atoms with Crippen LogP contribution in [-0.4, -0.2) is 46.3 Å². The summed E-state index contributed by atoms with van der Waals surface area (Å²) in [4.78, 5) is 26.2. The second kappa shape index (κ2) is 9.04. The van der Waals surface area contributed by atoms with Gasteiger partial charge in [0.15, 0.2) is 0 Å². The summed E-state index contributed by atoms with van der Waals surface area (Å²) in [6, 6.07) is 10.3. The van der Waals surface area contributed by atoms with Crippen molar-refractivity contribution in [2.24, 2.45) is 5.92 Å². The molecule has 1 fully saturated rings. The van der Waals surface area contributed by atoms with Crippen molar-refractivity contribution in [3.05, 3.63) is 47.3 Å². The zero-order valence-corrected chi connectivity index (χ0v) is 17.0. The molecular formula is C22H29N3O3. The van der Waals surface area contributed by atoms with Crippen LogP contribution in [0.2, 0.25) is 0 Å². The molecule has 28 heavy (non-hydrogen) atoms. The highest BCUT2D eigenvalue weighted by molar-refractivity contribution is 5.77. The Morgan fingerprint density at radius 2 is 1.82 bits per heavy atom. The monoisotopic (exact) mass is 383 g/mol. The fraction of sp³-hybridized carbons (Fsp3) is 0.500. The third kappa shape index (κ3) is 4.80. The average molecular weight is 383 g/mol. The normalized spacial score (nSPS) is 14.9. The lowest BCUT2D eigenvalue weighted by atomic mass is 9.96. The molecule has 6 heteroatoms. The number of carbonyl (C=O) groups is 2. The Labute approximate surface area is 166 Å². The largest absolute Gasteiger partial charge is 0.466 e. The van der Waals surface area contributed by atoms with Crippen LogP contribution in [0.3, 0.4) is 0 Å². The lowest BCUT2D eigenvalue weighted by molar-refractivity contribution is -0.151. The van der Waals surface area contributed by atoms with Crippen LogP contribution in [0.5, 0.6) is 0 Å². The fourth-order valence-corrected chi connectivity index (χ4v) is 3.73. The molecule has 2 heterocycles. The Morgan fingerprint density at radius 1 is 1.14 bits per heavy atom. The molecule has 3 rings (SSSR count). The molecular weight excluding hydrogens is 354 g/mol. The third-order valence-corrected chi connectivity index (χ3v) is 5.29. The van der Waals surface area contributed by atoms with Gasteiger partial charge in [-0.1, -0.05) is 12.1 Å². The van der Waals surface area contributed by atoms with Gasteiger partial charge in [0, 0.05) is 25.2 Å². The molecule has 0 unspecified atom stereocenters. The molecule has 6 nitrogen and oxygen atoms in total. The Hall–Kier alpha value is -2.63. The number of likely N-dealkylation sites (tertiary alicyclic amines) is 1. The zero-order valence-electron chi connectivity index (χ0n) is 17.0. The Morgan fingerprint density at radius 3 is 2.39 bits per heavy atom. The zero-order chi connectivity index (χ0) is 20.1. The second-order valence-corrected chi connectivity index (χ2v) is 7.41. The van der Waals surface area contributed by atoms with E-state index < -0.39 is 0 Å². The van der Waals surface area contributed by atoms with Gasteiger partial charge in [0.05, 0.1) is 23.9 Å². The summed E-state index contributed by atoms with van der Waals surface area (Å²) < 4.78 is 7.01. The third-order valence-electron chi connectivity index (χ3n) is 5.29. The van der Waals surface area contributed by atoms with Gasteiger partial charge in [-0.05, 0) is 63.8 Å². The van der Waals surface area contributed by atoms with Crippen LogP contribution in [0.4, 0.5) is 0 Å². The average Bonchev–Trinajstić information content (AvgIpc) is 3.05. The maximum absolute atomic E-state index is 12.5. The summed E-state index contributed by atoms with van der Waals surface area (Å²) in [7, 11) is 0. The molecule has 2 aromatic rings. The molecule has 1 aliphatic heterocycles. The number of carbonyl (C=O) groups excluding carboxylic acids is 2. The number of nitrogens with zero attached hydrogens (tertiary/aromatic N) is 3. The summed E-state index contributed by atoms with van der Waals surface area (Å²) in [6.45, 7) is 7.53. The predicted molar refractivity (Wildman–Crippen MR) is 107 cm³/mol. The molecule has 0 N–H and O–H groups in total. The standard InChI is InChI=1S/C22H29N3O3/c1-4-28-22(27)19-11-13-24(14-12-19)21(26)10-7-18-5-8-20(9-6-18)25-17(3)15-16(2)23-25/h5-6,8-9,15,19H,4,7,10-14H2,1-3H3. The van der Waals surface area contributed by atoms with Crippen LogP contribution in [-0.2, 0) is 20.7 Å². The van der Waals surface area contributed by atoms with Crippen molar-refractivity contribution in [2.75, 3.05) is 19.7 Å². The maximum Gasteiger partial charge on any atom is 0.309 e. The topological polar surface area (TPSA) is 64.4 Å². The van der Waals surface area contributed by atoms with Gasteiger partial charge in [-0.2, -0.15) is 5.10 Å². The van der Waals surface area contributed by atoms with Crippen molar-refractivity contribution in [1.82, 2.24) is 14.7 Å². The van der Waals surface area contributed by atoms with Crippen LogP contribution >= 0.6 is 0 Å². The number of esters is 1. The van der Waals surface area contributed by atoms with Crippen LogP contribution < -0.4 is 0 Å². The number of ether oxygens (including phenoxy) is 1. The van der Waals surface area contributed by atoms with Gasteiger partial charge in [-0.25, -0.2) is 4.68 Å². The number of hydrogen-bond donors (Lipinski definition) is 0. The van der Waals surface area contributed by atoms with Gasteiger partial charge in [0.2, 0.25) is 5.91 Å². The molecule has 1 amide bonds. The molecule has 1 aromatic carbocycles. The number of rotatable bonds is 6. The fourth-order valence-electron chi connectivity index (χ4n) is 3.73. The van der Waals surface area contributed by atoms with Crippen molar-refractivity contribution < 1.29 is 14.3 Å². The van der Waals surface area contributed by atoms with E-state index >= 15 is 0 Å². The first-order chi connectivity index (χ1) is 13.5. The molecule has 0 aliphatic carbocycles. The minimum absolute atomic E-state index is 0.0640. The molecule has 1 aliphatic rings. The number of benzene rings is 1. The Bertz CT molecular complexity index is 818. The van der Waals surface area contributed by atoms with Crippen LogP contribution in [0, 0.1) is 19.8 Å². The van der Waals surface area contributed by atoms with E-state index in [0.29, 0.717) is 45.4 Å². The van der Waals surface area contributed by atoms with Crippen molar-refractivity contribution in [3.8, 4) is 5.69 Å². The first kappa shape index (κ1) is 20.1. The summed E-state index contributed by atoms with van der Waals surface area (Å²) in [5.41, 5.74) is 4.27. The summed E-state index contributed by atoms with van der Waals surface area (Å²) in [5, 5.41) is 4.50. The van der Waals surface area contributed by atoms with Crippen molar-refractivity contribution >= 4 is 11.9 Å². The molecule has 0 atom stereocenters. The van der Waals surface area contributed by atoms with Gasteiger partial charge in [0.25, 0.3) is 0 Å². The number of aromatic nitrogens is 2. The van der Waals surface area contributed by atoms with Crippen molar-refractivity contribution in [2.45, 2.75) is 46.5 Å². The Balaban J connectivity index is 1.49. The molecule has 1 aromatic heterocycles. The van der Waals surface area contributed by atoms with Crippen molar-refractivity contribution in [1.29, 1.82) is 0 Å². The smallest absolute Gasteiger partial charge is 0.309 e. The van der Waals surface area contributed by atoms with Crippen molar-refractivity contribution in [3.63, 3.8) is 0 Å². The highest BCUT2D eigenvalue weighted by Gasteiger charge is 2.27. The number of amides is 1. The molecule has 0 spiro atoms. The minimum atomic E-state index is -0.127. The van der Waals surface area contributed by atoms with E-state index in [1.54, 1.807) is 0 Å². The first-order valence-corrected chi connectivity index (χ1v) is 10.0. The van der Waals surface area contributed by atoms with E-state index in [0.717, 1.165) is 22.6 Å². The van der Waals surface area contributed by atoms with E-state index in [-0.39, 0.29) is 17.8 Å². The quantitative estimate of drug-likeness (QED) is 0.719. The maximum atomic E-state index is 12.5. The minimum Gasteiger partial charge on any atom is -0.466 e. The molecule has 0 bridgehead atoms. The Kier molecular flexibility index (Phi) is 6.49. The van der Waals surface area contributed by atoms with Gasteiger partial charge in [-0.3, -0.25) is 9.59 Å². The number of aryl methyl sites for hydroxylation is 3. The van der Waals surface area contributed by atoms with E-state index in [1.807, 2.05) is 42.5 Å². The first-order valence-electron chi connectivity index (χ1n) is 10.0.